The summed E-state index contributed by atoms with van der Waals surface area (Å²) in [6.45, 7) is 2.31. The topological polar surface area (TPSA) is 72.8 Å². The van der Waals surface area contributed by atoms with Gasteiger partial charge in [0, 0.05) is 11.1 Å². The minimum atomic E-state index is -4.87. The summed E-state index contributed by atoms with van der Waals surface area (Å²) in [6.07, 6.45) is -3.01. The number of halogens is 5. The molecule has 0 saturated carbocycles. The van der Waals surface area contributed by atoms with Crippen LogP contribution in [0.3, 0.4) is 0 Å². The zero-order chi connectivity index (χ0) is 22.7. The predicted molar refractivity (Wildman–Crippen MR) is 95.2 cm³/mol. The second-order valence-electron chi connectivity index (χ2n) is 6.47. The monoisotopic (exact) mass is 430 g/mol. The molecule has 0 spiro atoms. The van der Waals surface area contributed by atoms with Crippen LogP contribution in [-0.4, -0.2) is 28.8 Å². The first-order chi connectivity index (χ1) is 13.8. The van der Waals surface area contributed by atoms with E-state index in [9.17, 15) is 31.5 Å². The number of carbonyl (C=O) groups excluding carboxylic acids is 1. The van der Waals surface area contributed by atoms with Crippen LogP contribution in [0.1, 0.15) is 29.8 Å². The number of carboxylic acid groups (broad SMARTS) is 1. The second kappa shape index (κ2) is 8.52. The Bertz CT molecular complexity index is 978. The van der Waals surface area contributed by atoms with Crippen molar-refractivity contribution in [2.75, 3.05) is 0 Å². The molecule has 0 fully saturated rings. The van der Waals surface area contributed by atoms with Crippen LogP contribution in [0.25, 0.3) is 6.08 Å². The highest BCUT2D eigenvalue weighted by Gasteiger charge is 2.32. The van der Waals surface area contributed by atoms with Crippen molar-refractivity contribution in [2.24, 2.45) is 0 Å². The normalized spacial score (nSPS) is 12.1. The third-order valence-electron chi connectivity index (χ3n) is 3.74. The van der Waals surface area contributed by atoms with Crippen molar-refractivity contribution in [3.8, 4) is 11.5 Å². The van der Waals surface area contributed by atoms with Crippen molar-refractivity contribution in [1.82, 2.24) is 0 Å². The molecule has 1 N–H and O–H groups in total. The van der Waals surface area contributed by atoms with Crippen molar-refractivity contribution < 1.29 is 46.1 Å². The maximum Gasteiger partial charge on any atom is 0.573 e. The maximum absolute atomic E-state index is 14.2. The number of ketones is 1. The molecule has 5 nitrogen and oxygen atoms in total. The number of carbonyl (C=O) groups is 2. The molecule has 0 atom stereocenters. The molecular weight excluding hydrogens is 415 g/mol. The largest absolute Gasteiger partial charge is 0.573 e. The van der Waals surface area contributed by atoms with Gasteiger partial charge in [0.05, 0.1) is 0 Å². The van der Waals surface area contributed by atoms with E-state index in [1.54, 1.807) is 0 Å². The van der Waals surface area contributed by atoms with E-state index in [-0.39, 0.29) is 11.1 Å². The molecule has 0 amide bonds. The van der Waals surface area contributed by atoms with Gasteiger partial charge < -0.3 is 14.6 Å². The minimum absolute atomic E-state index is 0.00943. The number of rotatable bonds is 7. The van der Waals surface area contributed by atoms with Crippen molar-refractivity contribution in [3.05, 3.63) is 65.2 Å². The van der Waals surface area contributed by atoms with Crippen LogP contribution in [0.2, 0.25) is 0 Å². The number of alkyl halides is 3. The Morgan fingerprint density at radius 2 is 1.53 bits per heavy atom. The first-order valence-corrected chi connectivity index (χ1v) is 8.29. The lowest BCUT2D eigenvalue weighted by Crippen LogP contribution is -2.38. The number of ether oxygens (including phenoxy) is 2. The molecule has 30 heavy (non-hydrogen) atoms. The van der Waals surface area contributed by atoms with Crippen LogP contribution in [0.4, 0.5) is 22.0 Å². The number of allylic oxidation sites excluding steroid dienone is 1. The summed E-state index contributed by atoms with van der Waals surface area (Å²) in [6, 6.07) is 6.12. The van der Waals surface area contributed by atoms with E-state index in [0.29, 0.717) is 0 Å². The quantitative estimate of drug-likeness (QED) is 0.380. The molecular formula is C20H15F5O5. The van der Waals surface area contributed by atoms with Crippen LogP contribution >= 0.6 is 0 Å². The molecule has 2 rings (SSSR count). The van der Waals surface area contributed by atoms with Crippen LogP contribution in [0.5, 0.6) is 11.5 Å². The molecule has 0 aliphatic heterocycles. The molecule has 0 aliphatic rings. The molecule has 10 heteroatoms. The van der Waals surface area contributed by atoms with Crippen LogP contribution in [-0.2, 0) is 4.79 Å². The number of benzene rings is 2. The van der Waals surface area contributed by atoms with Gasteiger partial charge in [-0.3, -0.25) is 4.79 Å². The van der Waals surface area contributed by atoms with E-state index in [1.165, 1.54) is 0 Å². The fourth-order valence-corrected chi connectivity index (χ4v) is 2.16. The van der Waals surface area contributed by atoms with Gasteiger partial charge in [-0.05, 0) is 62.4 Å². The van der Waals surface area contributed by atoms with E-state index >= 15 is 0 Å². The Morgan fingerprint density at radius 1 is 0.933 bits per heavy atom. The number of hydrogen-bond donors (Lipinski definition) is 1. The summed E-state index contributed by atoms with van der Waals surface area (Å²) >= 11 is 0. The first-order valence-electron chi connectivity index (χ1n) is 8.29. The summed E-state index contributed by atoms with van der Waals surface area (Å²) in [5.41, 5.74) is -2.13. The van der Waals surface area contributed by atoms with Crippen molar-refractivity contribution in [1.29, 1.82) is 0 Å². The first kappa shape index (κ1) is 22.9. The fourth-order valence-electron chi connectivity index (χ4n) is 2.16. The van der Waals surface area contributed by atoms with Crippen molar-refractivity contribution >= 4 is 17.8 Å². The Morgan fingerprint density at radius 3 is 2.07 bits per heavy atom. The lowest BCUT2D eigenvalue weighted by Gasteiger charge is -2.22. The average molecular weight is 430 g/mol. The Kier molecular flexibility index (Phi) is 6.49. The smallest absolute Gasteiger partial charge is 0.478 e. The molecule has 2 aromatic rings. The number of aliphatic carboxylic acids is 1. The van der Waals surface area contributed by atoms with Crippen LogP contribution in [0.15, 0.2) is 42.5 Å². The standard InChI is InChI=1S/C20H15F5O5/c1-19(2,18(27)28)30-15-10-6-12(16(21)17(15)22)5-9-14(26)11-3-7-13(8-4-11)29-20(23,24)25/h3-10H,1-2H3,(H,27,28)/b9-5+. The van der Waals surface area contributed by atoms with Crippen molar-refractivity contribution in [2.45, 2.75) is 25.8 Å². The lowest BCUT2D eigenvalue weighted by molar-refractivity contribution is -0.274. The third kappa shape index (κ3) is 5.79. The van der Waals surface area contributed by atoms with E-state index in [1.807, 2.05) is 0 Å². The van der Waals surface area contributed by atoms with Gasteiger partial charge in [-0.1, -0.05) is 0 Å². The van der Waals surface area contributed by atoms with Gasteiger partial charge in [0.15, 0.2) is 23.0 Å². The molecule has 0 radical (unpaired) electrons. The van der Waals surface area contributed by atoms with Gasteiger partial charge in [-0.2, -0.15) is 4.39 Å². The van der Waals surface area contributed by atoms with Crippen LogP contribution < -0.4 is 9.47 Å². The Labute approximate surface area is 167 Å². The molecule has 0 heterocycles. The highest BCUT2D eigenvalue weighted by atomic mass is 19.4. The zero-order valence-electron chi connectivity index (χ0n) is 15.6. The molecule has 160 valence electrons. The summed E-state index contributed by atoms with van der Waals surface area (Å²) in [7, 11) is 0. The van der Waals surface area contributed by atoms with Gasteiger partial charge >= 0.3 is 12.3 Å². The summed E-state index contributed by atoms with van der Waals surface area (Å²) in [5.74, 6) is -6.01. The lowest BCUT2D eigenvalue weighted by atomic mass is 10.1. The molecule has 0 aromatic heterocycles. The van der Waals surface area contributed by atoms with E-state index < -0.39 is 46.8 Å². The third-order valence-corrected chi connectivity index (χ3v) is 3.74. The Hall–Kier alpha value is -3.43. The van der Waals surface area contributed by atoms with Gasteiger partial charge in [0.25, 0.3) is 0 Å². The molecule has 0 aliphatic carbocycles. The average Bonchev–Trinajstić information content (AvgIpc) is 2.63. The second-order valence-corrected chi connectivity index (χ2v) is 6.47. The molecule has 0 bridgehead atoms. The summed E-state index contributed by atoms with van der Waals surface area (Å²) < 4.78 is 73.4. The highest BCUT2D eigenvalue weighted by Crippen LogP contribution is 2.27. The molecule has 2 aromatic carbocycles. The van der Waals surface area contributed by atoms with E-state index in [0.717, 1.165) is 62.4 Å². The highest BCUT2D eigenvalue weighted by molar-refractivity contribution is 6.06. The van der Waals surface area contributed by atoms with E-state index in [4.69, 9.17) is 9.84 Å². The summed E-state index contributed by atoms with van der Waals surface area (Å²) in [5, 5.41) is 8.99. The summed E-state index contributed by atoms with van der Waals surface area (Å²) in [4.78, 5) is 23.1. The zero-order valence-corrected chi connectivity index (χ0v) is 15.6. The SMILES string of the molecule is CC(C)(Oc1ccc(/C=C/C(=O)c2ccc(OC(F)(F)F)cc2)c(F)c1F)C(=O)O. The number of hydrogen-bond acceptors (Lipinski definition) is 4. The van der Waals surface area contributed by atoms with Gasteiger partial charge in [0.1, 0.15) is 5.75 Å². The maximum atomic E-state index is 14.2. The van der Waals surface area contributed by atoms with Crippen LogP contribution in [0, 0.1) is 11.6 Å². The minimum Gasteiger partial charge on any atom is -0.478 e. The van der Waals surface area contributed by atoms with Gasteiger partial charge in [0.2, 0.25) is 5.82 Å². The van der Waals surface area contributed by atoms with Crippen molar-refractivity contribution in [3.63, 3.8) is 0 Å². The number of carboxylic acids is 1. The van der Waals surface area contributed by atoms with E-state index in [2.05, 4.69) is 4.74 Å². The molecule has 0 unspecified atom stereocenters. The molecule has 0 saturated heterocycles. The van der Waals surface area contributed by atoms with Gasteiger partial charge in [-0.25, -0.2) is 9.18 Å². The predicted octanol–water partition coefficient (Wildman–Crippen LogP) is 5.00. The van der Waals surface area contributed by atoms with Gasteiger partial charge in [-0.15, -0.1) is 13.2 Å². The fraction of sp³-hybridized carbons (Fsp3) is 0.200. The Balaban J connectivity index is 2.16.